The van der Waals surface area contributed by atoms with E-state index >= 15 is 0 Å². The molecule has 0 nitrogen and oxygen atoms in total. The van der Waals surface area contributed by atoms with E-state index in [2.05, 4.69) is 27.4 Å². The van der Waals surface area contributed by atoms with E-state index in [4.69, 9.17) is 0 Å². The molecule has 1 saturated carbocycles. The van der Waals surface area contributed by atoms with E-state index in [0.29, 0.717) is 5.41 Å². The first-order chi connectivity index (χ1) is 7.03. The van der Waals surface area contributed by atoms with Gasteiger partial charge in [-0.15, -0.1) is 0 Å². The molecule has 2 rings (SSSR count). The fourth-order valence-electron chi connectivity index (χ4n) is 3.52. The molecular weight excluding hydrogens is 180 g/mol. The van der Waals surface area contributed by atoms with E-state index in [0.717, 1.165) is 5.92 Å². The molecule has 0 spiro atoms. The number of fused-ring (bicyclic) bond motifs is 1. The topological polar surface area (TPSA) is 0 Å². The van der Waals surface area contributed by atoms with Gasteiger partial charge in [0, 0.05) is 0 Å². The Bertz CT molecular complexity index is 308. The summed E-state index contributed by atoms with van der Waals surface area (Å²) < 4.78 is 0. The van der Waals surface area contributed by atoms with E-state index in [-0.39, 0.29) is 0 Å². The molecule has 0 heteroatoms. The second-order valence-corrected chi connectivity index (χ2v) is 5.96. The lowest BCUT2D eigenvalue weighted by atomic mass is 9.61. The molecule has 2 aliphatic carbocycles. The zero-order valence-electron chi connectivity index (χ0n) is 10.5. The van der Waals surface area contributed by atoms with Gasteiger partial charge < -0.3 is 0 Å². The summed E-state index contributed by atoms with van der Waals surface area (Å²) in [6.45, 7) is 11.2. The van der Waals surface area contributed by atoms with E-state index in [1.54, 1.807) is 11.1 Å². The van der Waals surface area contributed by atoms with Gasteiger partial charge in [-0.05, 0) is 63.7 Å². The summed E-state index contributed by atoms with van der Waals surface area (Å²) in [5.41, 5.74) is 5.42. The van der Waals surface area contributed by atoms with Gasteiger partial charge in [-0.1, -0.05) is 30.2 Å². The maximum absolute atomic E-state index is 4.14. The average Bonchev–Trinajstić information content (AvgIpc) is 2.17. The SMILES string of the molecule is C=C(C)[C@@H]1CC[C@@]2(C)CCCC(C)=C2C1. The molecule has 0 saturated heterocycles. The van der Waals surface area contributed by atoms with Crippen molar-refractivity contribution in [3.63, 3.8) is 0 Å². The largest absolute Gasteiger partial charge is 0.0998 e. The monoisotopic (exact) mass is 204 g/mol. The molecule has 0 N–H and O–H groups in total. The average molecular weight is 204 g/mol. The Kier molecular flexibility index (Phi) is 2.79. The van der Waals surface area contributed by atoms with Crippen LogP contribution in [-0.2, 0) is 0 Å². The molecule has 0 bridgehead atoms. The molecular formula is C15H24. The molecule has 1 fully saturated rings. The lowest BCUT2D eigenvalue weighted by Crippen LogP contribution is -2.30. The highest BCUT2D eigenvalue weighted by molar-refractivity contribution is 5.27. The summed E-state index contributed by atoms with van der Waals surface area (Å²) >= 11 is 0. The first kappa shape index (κ1) is 11.0. The van der Waals surface area contributed by atoms with Crippen LogP contribution >= 0.6 is 0 Å². The lowest BCUT2D eigenvalue weighted by Gasteiger charge is -2.44. The minimum atomic E-state index is 0.550. The fraction of sp³-hybridized carbons (Fsp3) is 0.733. The van der Waals surface area contributed by atoms with Crippen LogP contribution in [0.5, 0.6) is 0 Å². The van der Waals surface area contributed by atoms with E-state index < -0.39 is 0 Å². The van der Waals surface area contributed by atoms with Crippen LogP contribution in [0.3, 0.4) is 0 Å². The van der Waals surface area contributed by atoms with Crippen LogP contribution in [0, 0.1) is 11.3 Å². The number of allylic oxidation sites excluding steroid dienone is 3. The summed E-state index contributed by atoms with van der Waals surface area (Å²) in [5.74, 6) is 0.765. The molecule has 0 aromatic rings. The van der Waals surface area contributed by atoms with Gasteiger partial charge >= 0.3 is 0 Å². The van der Waals surface area contributed by atoms with Gasteiger partial charge in [0.05, 0.1) is 0 Å². The van der Waals surface area contributed by atoms with Crippen LogP contribution in [0.15, 0.2) is 23.3 Å². The molecule has 15 heavy (non-hydrogen) atoms. The van der Waals surface area contributed by atoms with Gasteiger partial charge in [0.25, 0.3) is 0 Å². The minimum absolute atomic E-state index is 0.550. The van der Waals surface area contributed by atoms with Crippen molar-refractivity contribution in [2.24, 2.45) is 11.3 Å². The van der Waals surface area contributed by atoms with Crippen molar-refractivity contribution in [1.82, 2.24) is 0 Å². The Hall–Kier alpha value is -0.520. The molecule has 0 amide bonds. The predicted molar refractivity (Wildman–Crippen MR) is 66.8 cm³/mol. The van der Waals surface area contributed by atoms with Gasteiger partial charge in [-0.25, -0.2) is 0 Å². The van der Waals surface area contributed by atoms with Crippen molar-refractivity contribution in [1.29, 1.82) is 0 Å². The summed E-state index contributed by atoms with van der Waals surface area (Å²) in [6.07, 6.45) is 8.22. The zero-order chi connectivity index (χ0) is 11.1. The number of hydrogen-bond acceptors (Lipinski definition) is 0. The van der Waals surface area contributed by atoms with E-state index in [1.165, 1.54) is 44.1 Å². The van der Waals surface area contributed by atoms with Gasteiger partial charge in [-0.3, -0.25) is 0 Å². The number of rotatable bonds is 1. The highest BCUT2D eigenvalue weighted by Crippen LogP contribution is 2.51. The van der Waals surface area contributed by atoms with Gasteiger partial charge in [0.15, 0.2) is 0 Å². The minimum Gasteiger partial charge on any atom is -0.0998 e. The van der Waals surface area contributed by atoms with Crippen LogP contribution in [0.25, 0.3) is 0 Å². The normalized spacial score (nSPS) is 36.3. The molecule has 0 unspecified atom stereocenters. The smallest absolute Gasteiger partial charge is 0.0113 e. The van der Waals surface area contributed by atoms with Crippen LogP contribution in [0.2, 0.25) is 0 Å². The van der Waals surface area contributed by atoms with Crippen LogP contribution in [0.1, 0.15) is 59.3 Å². The third-order valence-electron chi connectivity index (χ3n) is 4.72. The van der Waals surface area contributed by atoms with Crippen LogP contribution in [-0.4, -0.2) is 0 Å². The molecule has 2 aliphatic rings. The third-order valence-corrected chi connectivity index (χ3v) is 4.72. The van der Waals surface area contributed by atoms with Crippen molar-refractivity contribution < 1.29 is 0 Å². The summed E-state index contributed by atoms with van der Waals surface area (Å²) in [5, 5.41) is 0. The molecule has 0 aromatic heterocycles. The lowest BCUT2D eigenvalue weighted by molar-refractivity contribution is 0.229. The number of hydrogen-bond donors (Lipinski definition) is 0. The fourth-order valence-corrected chi connectivity index (χ4v) is 3.52. The Morgan fingerprint density at radius 3 is 2.80 bits per heavy atom. The Balaban J connectivity index is 2.26. The van der Waals surface area contributed by atoms with E-state index in [1.807, 2.05) is 0 Å². The maximum Gasteiger partial charge on any atom is -0.0113 e. The molecule has 0 heterocycles. The second-order valence-electron chi connectivity index (χ2n) is 5.96. The van der Waals surface area contributed by atoms with Crippen molar-refractivity contribution in [2.45, 2.75) is 59.3 Å². The third kappa shape index (κ3) is 1.91. The molecule has 0 aliphatic heterocycles. The molecule has 0 radical (unpaired) electrons. The Morgan fingerprint density at radius 2 is 2.13 bits per heavy atom. The summed E-state index contributed by atoms with van der Waals surface area (Å²) in [6, 6.07) is 0. The first-order valence-corrected chi connectivity index (χ1v) is 6.37. The van der Waals surface area contributed by atoms with Gasteiger partial charge in [0.2, 0.25) is 0 Å². The van der Waals surface area contributed by atoms with Crippen LogP contribution in [0.4, 0.5) is 0 Å². The maximum atomic E-state index is 4.14. The van der Waals surface area contributed by atoms with E-state index in [9.17, 15) is 0 Å². The second kappa shape index (κ2) is 3.81. The summed E-state index contributed by atoms with van der Waals surface area (Å²) in [7, 11) is 0. The van der Waals surface area contributed by atoms with Crippen LogP contribution < -0.4 is 0 Å². The van der Waals surface area contributed by atoms with Crippen molar-refractivity contribution in [2.75, 3.05) is 0 Å². The van der Waals surface area contributed by atoms with Crippen molar-refractivity contribution in [3.8, 4) is 0 Å². The first-order valence-electron chi connectivity index (χ1n) is 6.37. The predicted octanol–water partition coefficient (Wildman–Crippen LogP) is 4.87. The zero-order valence-corrected chi connectivity index (χ0v) is 10.5. The van der Waals surface area contributed by atoms with Crippen molar-refractivity contribution >= 4 is 0 Å². The Labute approximate surface area is 94.5 Å². The molecule has 2 atom stereocenters. The summed E-state index contributed by atoms with van der Waals surface area (Å²) in [4.78, 5) is 0. The van der Waals surface area contributed by atoms with Gasteiger partial charge in [0.1, 0.15) is 0 Å². The van der Waals surface area contributed by atoms with Gasteiger partial charge in [-0.2, -0.15) is 0 Å². The highest BCUT2D eigenvalue weighted by Gasteiger charge is 2.37. The molecule has 0 aromatic carbocycles. The quantitative estimate of drug-likeness (QED) is 0.535. The van der Waals surface area contributed by atoms with Crippen molar-refractivity contribution in [3.05, 3.63) is 23.3 Å². The Morgan fingerprint density at radius 1 is 1.40 bits per heavy atom. The molecule has 84 valence electrons. The highest BCUT2D eigenvalue weighted by atomic mass is 14.4. The standard InChI is InChI=1S/C15H24/c1-11(2)13-7-9-15(4)8-5-6-12(3)14(15)10-13/h13H,1,5-10H2,2-4H3/t13-,15-/m1/s1.